The molecule has 102 valence electrons. The Morgan fingerprint density at radius 3 is 3.05 bits per heavy atom. The molecule has 0 saturated carbocycles. The van der Waals surface area contributed by atoms with Crippen LogP contribution in [0.3, 0.4) is 0 Å². The summed E-state index contributed by atoms with van der Waals surface area (Å²) in [5, 5.41) is 13.7. The molecule has 0 aliphatic heterocycles. The van der Waals surface area contributed by atoms with Gasteiger partial charge in [-0.25, -0.2) is 0 Å². The highest BCUT2D eigenvalue weighted by atomic mass is 15.4. The Bertz CT molecular complexity index is 658. The molecule has 2 heterocycles. The van der Waals surface area contributed by atoms with E-state index in [2.05, 4.69) is 44.9 Å². The summed E-state index contributed by atoms with van der Waals surface area (Å²) in [4.78, 5) is 4.16. The van der Waals surface area contributed by atoms with Gasteiger partial charge in [-0.05, 0) is 30.0 Å². The fourth-order valence-corrected chi connectivity index (χ4v) is 2.28. The van der Waals surface area contributed by atoms with Crippen molar-refractivity contribution < 1.29 is 0 Å². The number of fused-ring (bicyclic) bond motifs is 1. The molecule has 0 fully saturated rings. The summed E-state index contributed by atoms with van der Waals surface area (Å²) in [6, 6.07) is 8.40. The molecule has 5 heteroatoms. The monoisotopic (exact) mass is 267 g/mol. The van der Waals surface area contributed by atoms with E-state index in [1.54, 1.807) is 6.20 Å². The van der Waals surface area contributed by atoms with E-state index in [4.69, 9.17) is 0 Å². The van der Waals surface area contributed by atoms with E-state index in [9.17, 15) is 0 Å². The number of nitrogens with zero attached hydrogens (tertiary/aromatic N) is 4. The second-order valence-corrected chi connectivity index (χ2v) is 4.71. The van der Waals surface area contributed by atoms with Crippen molar-refractivity contribution in [2.24, 2.45) is 0 Å². The van der Waals surface area contributed by atoms with E-state index in [0.29, 0.717) is 0 Å². The molecule has 0 atom stereocenters. The molecule has 2 aromatic heterocycles. The molecule has 3 aromatic rings. The summed E-state index contributed by atoms with van der Waals surface area (Å²) in [5.41, 5.74) is 1.31. The molecule has 0 unspecified atom stereocenters. The summed E-state index contributed by atoms with van der Waals surface area (Å²) in [6.45, 7) is 2.73. The molecule has 20 heavy (non-hydrogen) atoms. The minimum atomic E-state index is 0.874. The average Bonchev–Trinajstić information content (AvgIpc) is 3.00. The van der Waals surface area contributed by atoms with Crippen LogP contribution in [-0.4, -0.2) is 26.5 Å². The van der Waals surface area contributed by atoms with Gasteiger partial charge < -0.3 is 5.32 Å². The van der Waals surface area contributed by atoms with E-state index < -0.39 is 0 Å². The molecule has 0 spiro atoms. The predicted molar refractivity (Wildman–Crippen MR) is 78.1 cm³/mol. The number of hydrogen-bond donors (Lipinski definition) is 1. The fraction of sp³-hybridized carbons (Fsp3) is 0.267. The lowest BCUT2D eigenvalue weighted by molar-refractivity contribution is 0.530. The summed E-state index contributed by atoms with van der Waals surface area (Å²) in [6.07, 6.45) is 8.38. The van der Waals surface area contributed by atoms with Crippen LogP contribution < -0.4 is 5.32 Å². The molecular formula is C15H17N5. The maximum Gasteiger partial charge on any atom is 0.0692 e. The van der Waals surface area contributed by atoms with E-state index in [0.717, 1.165) is 26.1 Å². The van der Waals surface area contributed by atoms with Gasteiger partial charge in [0, 0.05) is 37.1 Å². The number of pyridine rings is 1. The number of aryl methyl sites for hydroxylation is 1. The zero-order valence-electron chi connectivity index (χ0n) is 11.2. The van der Waals surface area contributed by atoms with Crippen molar-refractivity contribution >= 4 is 10.8 Å². The van der Waals surface area contributed by atoms with Crippen LogP contribution in [0, 0.1) is 0 Å². The lowest BCUT2D eigenvalue weighted by atomic mass is 10.1. The molecule has 0 amide bonds. The summed E-state index contributed by atoms with van der Waals surface area (Å²) in [5.74, 6) is 0. The van der Waals surface area contributed by atoms with E-state index in [1.807, 2.05) is 23.3 Å². The second kappa shape index (κ2) is 6.25. The summed E-state index contributed by atoms with van der Waals surface area (Å²) >= 11 is 0. The quantitative estimate of drug-likeness (QED) is 0.694. The van der Waals surface area contributed by atoms with Crippen LogP contribution in [-0.2, 0) is 13.1 Å². The van der Waals surface area contributed by atoms with Crippen LogP contribution in [0.5, 0.6) is 0 Å². The first-order chi connectivity index (χ1) is 9.93. The number of nitrogens with one attached hydrogen (secondary N) is 1. The molecule has 0 bridgehead atoms. The molecule has 5 nitrogen and oxygen atoms in total. The maximum absolute atomic E-state index is 4.16. The Kier molecular flexibility index (Phi) is 3.99. The van der Waals surface area contributed by atoms with Gasteiger partial charge in [0.2, 0.25) is 0 Å². The van der Waals surface area contributed by atoms with Gasteiger partial charge in [0.1, 0.15) is 0 Å². The van der Waals surface area contributed by atoms with Crippen LogP contribution in [0.1, 0.15) is 12.0 Å². The Labute approximate surface area is 117 Å². The zero-order chi connectivity index (χ0) is 13.6. The third-order valence-corrected chi connectivity index (χ3v) is 3.30. The van der Waals surface area contributed by atoms with Gasteiger partial charge in [-0.2, -0.15) is 0 Å². The smallest absolute Gasteiger partial charge is 0.0692 e. The first-order valence-corrected chi connectivity index (χ1v) is 6.80. The molecule has 0 aliphatic rings. The molecule has 0 saturated heterocycles. The Balaban J connectivity index is 1.52. The fourth-order valence-electron chi connectivity index (χ4n) is 2.28. The Morgan fingerprint density at radius 1 is 1.15 bits per heavy atom. The van der Waals surface area contributed by atoms with Crippen molar-refractivity contribution in [2.75, 3.05) is 6.54 Å². The first-order valence-electron chi connectivity index (χ1n) is 6.80. The maximum atomic E-state index is 4.16. The lowest BCUT2D eigenvalue weighted by Gasteiger charge is -2.08. The predicted octanol–water partition coefficient (Wildman–Crippen LogP) is 2.01. The number of benzene rings is 1. The Hall–Kier alpha value is -2.27. The van der Waals surface area contributed by atoms with Crippen molar-refractivity contribution in [1.82, 2.24) is 25.3 Å². The van der Waals surface area contributed by atoms with Crippen LogP contribution in [0.25, 0.3) is 10.8 Å². The highest BCUT2D eigenvalue weighted by molar-refractivity contribution is 5.84. The summed E-state index contributed by atoms with van der Waals surface area (Å²) < 4.78 is 1.85. The number of hydrogen-bond acceptors (Lipinski definition) is 4. The number of rotatable bonds is 6. The van der Waals surface area contributed by atoms with Crippen LogP contribution in [0.2, 0.25) is 0 Å². The van der Waals surface area contributed by atoms with Crippen molar-refractivity contribution in [3.05, 3.63) is 54.6 Å². The van der Waals surface area contributed by atoms with Gasteiger partial charge in [-0.1, -0.05) is 23.4 Å². The van der Waals surface area contributed by atoms with E-state index in [-0.39, 0.29) is 0 Å². The normalized spacial score (nSPS) is 11.0. The third kappa shape index (κ3) is 3.00. The molecule has 1 N–H and O–H groups in total. The lowest BCUT2D eigenvalue weighted by Crippen LogP contribution is -2.16. The largest absolute Gasteiger partial charge is 0.313 e. The third-order valence-electron chi connectivity index (χ3n) is 3.30. The van der Waals surface area contributed by atoms with Gasteiger partial charge in [-0.3, -0.25) is 9.67 Å². The zero-order valence-corrected chi connectivity index (χ0v) is 11.2. The van der Waals surface area contributed by atoms with Crippen molar-refractivity contribution in [3.63, 3.8) is 0 Å². The molecule has 1 aromatic carbocycles. The average molecular weight is 267 g/mol. The SMILES string of the molecule is c1cc(CNCCCn2ccnn2)c2ccncc2c1. The van der Waals surface area contributed by atoms with E-state index in [1.165, 1.54) is 16.3 Å². The topological polar surface area (TPSA) is 55.6 Å². The standard InChI is InChI=1S/C15H17N5/c1-3-13(15-5-7-17-12-14(15)4-1)11-16-6-2-9-20-10-8-18-19-20/h1,3-5,7-8,10,12,16H,2,6,9,11H2. The first kappa shape index (κ1) is 12.7. The number of aromatic nitrogens is 4. The Morgan fingerprint density at radius 2 is 2.15 bits per heavy atom. The molecular weight excluding hydrogens is 250 g/mol. The van der Waals surface area contributed by atoms with Gasteiger partial charge in [0.05, 0.1) is 6.20 Å². The van der Waals surface area contributed by atoms with Crippen molar-refractivity contribution in [1.29, 1.82) is 0 Å². The van der Waals surface area contributed by atoms with Gasteiger partial charge in [0.15, 0.2) is 0 Å². The minimum Gasteiger partial charge on any atom is -0.313 e. The molecule has 3 rings (SSSR count). The highest BCUT2D eigenvalue weighted by Gasteiger charge is 2.00. The minimum absolute atomic E-state index is 0.874. The van der Waals surface area contributed by atoms with Gasteiger partial charge in [0.25, 0.3) is 0 Å². The van der Waals surface area contributed by atoms with Crippen molar-refractivity contribution in [2.45, 2.75) is 19.5 Å². The van der Waals surface area contributed by atoms with E-state index >= 15 is 0 Å². The van der Waals surface area contributed by atoms with Gasteiger partial charge in [-0.15, -0.1) is 5.10 Å². The van der Waals surface area contributed by atoms with Crippen molar-refractivity contribution in [3.8, 4) is 0 Å². The van der Waals surface area contributed by atoms with Crippen LogP contribution in [0.4, 0.5) is 0 Å². The molecule has 0 aliphatic carbocycles. The summed E-state index contributed by atoms with van der Waals surface area (Å²) in [7, 11) is 0. The van der Waals surface area contributed by atoms with Gasteiger partial charge >= 0.3 is 0 Å². The van der Waals surface area contributed by atoms with Crippen LogP contribution >= 0.6 is 0 Å². The highest BCUT2D eigenvalue weighted by Crippen LogP contribution is 2.16. The molecule has 0 radical (unpaired) electrons. The second-order valence-electron chi connectivity index (χ2n) is 4.71. The van der Waals surface area contributed by atoms with Crippen LogP contribution in [0.15, 0.2) is 49.1 Å².